The fourth-order valence-corrected chi connectivity index (χ4v) is 4.24. The van der Waals surface area contributed by atoms with Gasteiger partial charge in [0.1, 0.15) is 0 Å². The van der Waals surface area contributed by atoms with Gasteiger partial charge in [0.2, 0.25) is 0 Å². The lowest BCUT2D eigenvalue weighted by atomic mass is 9.95. The van der Waals surface area contributed by atoms with Gasteiger partial charge in [-0.2, -0.15) is 11.8 Å². The molecule has 1 saturated heterocycles. The molecule has 0 spiro atoms. The number of nitrogens with zero attached hydrogens (tertiary/aromatic N) is 1. The van der Waals surface area contributed by atoms with Gasteiger partial charge in [-0.15, -0.1) is 0 Å². The summed E-state index contributed by atoms with van der Waals surface area (Å²) in [6.45, 7) is 2.34. The van der Waals surface area contributed by atoms with Crippen LogP contribution in [-0.2, 0) is 9.53 Å². The zero-order valence-electron chi connectivity index (χ0n) is 13.9. The molecular weight excluding hydrogens is 362 g/mol. The van der Waals surface area contributed by atoms with E-state index in [9.17, 15) is 9.59 Å². The van der Waals surface area contributed by atoms with E-state index in [1.165, 1.54) is 7.11 Å². The number of nitrogens with one attached hydrogen (secondary N) is 2. The standard InChI is InChI=1S/C17H20ClN3O3S/c1-24-16(22)14-13(10-21-6-8-25-9-7-21)19-17(23)20-15(14)11-4-2-3-5-12(11)18/h2-5,15H,6-10H2,1H3,(H2,19,20,23)/t15-/m0/s1. The van der Waals surface area contributed by atoms with E-state index in [4.69, 9.17) is 16.3 Å². The van der Waals surface area contributed by atoms with Crippen LogP contribution in [0.25, 0.3) is 0 Å². The maximum Gasteiger partial charge on any atom is 0.338 e. The molecular formula is C17H20ClN3O3S. The van der Waals surface area contributed by atoms with Gasteiger partial charge in [-0.05, 0) is 11.6 Å². The van der Waals surface area contributed by atoms with Crippen LogP contribution in [0, 0.1) is 0 Å². The third-order valence-electron chi connectivity index (χ3n) is 4.26. The first-order valence-electron chi connectivity index (χ1n) is 8.03. The van der Waals surface area contributed by atoms with Crippen molar-refractivity contribution in [2.45, 2.75) is 6.04 Å². The third kappa shape index (κ3) is 4.11. The van der Waals surface area contributed by atoms with Crippen molar-refractivity contribution in [3.05, 3.63) is 46.1 Å². The number of methoxy groups -OCH3 is 1. The van der Waals surface area contributed by atoms with Gasteiger partial charge in [-0.1, -0.05) is 29.8 Å². The predicted molar refractivity (Wildman–Crippen MR) is 98.7 cm³/mol. The second-order valence-corrected chi connectivity index (χ2v) is 7.46. The molecule has 6 nitrogen and oxygen atoms in total. The molecule has 1 fully saturated rings. The lowest BCUT2D eigenvalue weighted by Crippen LogP contribution is -2.49. The van der Waals surface area contributed by atoms with Gasteiger partial charge < -0.3 is 15.4 Å². The van der Waals surface area contributed by atoms with Crippen LogP contribution in [0.5, 0.6) is 0 Å². The van der Waals surface area contributed by atoms with Crippen molar-refractivity contribution >= 4 is 35.4 Å². The lowest BCUT2D eigenvalue weighted by Gasteiger charge is -2.33. The normalized spacial score (nSPS) is 21.5. The first kappa shape index (κ1) is 18.1. The Morgan fingerprint density at radius 1 is 1.36 bits per heavy atom. The lowest BCUT2D eigenvalue weighted by molar-refractivity contribution is -0.136. The predicted octanol–water partition coefficient (Wildman–Crippen LogP) is 2.17. The molecule has 1 aromatic carbocycles. The fraction of sp³-hybridized carbons (Fsp3) is 0.412. The Morgan fingerprint density at radius 3 is 2.76 bits per heavy atom. The Bertz CT molecular complexity index is 704. The Morgan fingerprint density at radius 2 is 2.08 bits per heavy atom. The third-order valence-corrected chi connectivity index (χ3v) is 5.55. The first-order chi connectivity index (χ1) is 12.1. The molecule has 0 unspecified atom stereocenters. The highest BCUT2D eigenvalue weighted by Gasteiger charge is 2.35. The Hall–Kier alpha value is -1.70. The molecule has 134 valence electrons. The summed E-state index contributed by atoms with van der Waals surface area (Å²) >= 11 is 8.20. The molecule has 8 heteroatoms. The summed E-state index contributed by atoms with van der Waals surface area (Å²) in [7, 11) is 1.34. The summed E-state index contributed by atoms with van der Waals surface area (Å²) in [6.07, 6.45) is 0. The van der Waals surface area contributed by atoms with E-state index < -0.39 is 12.0 Å². The van der Waals surface area contributed by atoms with Crippen LogP contribution in [0.3, 0.4) is 0 Å². The van der Waals surface area contributed by atoms with Crippen LogP contribution in [0.15, 0.2) is 35.5 Å². The number of benzene rings is 1. The van der Waals surface area contributed by atoms with E-state index >= 15 is 0 Å². The highest BCUT2D eigenvalue weighted by molar-refractivity contribution is 7.99. The Labute approximate surface area is 155 Å². The fourth-order valence-electron chi connectivity index (χ4n) is 3.02. The number of rotatable bonds is 4. The van der Waals surface area contributed by atoms with Crippen molar-refractivity contribution in [3.63, 3.8) is 0 Å². The molecule has 1 atom stereocenters. The van der Waals surface area contributed by atoms with Gasteiger partial charge in [-0.3, -0.25) is 4.90 Å². The molecule has 2 heterocycles. The smallest absolute Gasteiger partial charge is 0.338 e. The second kappa shape index (κ2) is 8.12. The molecule has 0 aromatic heterocycles. The van der Waals surface area contributed by atoms with Crippen molar-refractivity contribution in [2.75, 3.05) is 38.2 Å². The number of halogens is 1. The minimum atomic E-state index is -0.635. The maximum absolute atomic E-state index is 12.5. The summed E-state index contributed by atoms with van der Waals surface area (Å²) in [6, 6.07) is 6.19. The number of carbonyl (C=O) groups is 2. The van der Waals surface area contributed by atoms with Crippen LogP contribution >= 0.6 is 23.4 Å². The number of thioether (sulfide) groups is 1. The van der Waals surface area contributed by atoms with Crippen LogP contribution in [0.2, 0.25) is 5.02 Å². The molecule has 3 rings (SSSR count). The molecule has 0 bridgehead atoms. The Balaban J connectivity index is 2.00. The molecule has 2 aliphatic heterocycles. The largest absolute Gasteiger partial charge is 0.466 e. The van der Waals surface area contributed by atoms with E-state index in [2.05, 4.69) is 15.5 Å². The van der Waals surface area contributed by atoms with Gasteiger partial charge in [0.25, 0.3) is 0 Å². The van der Waals surface area contributed by atoms with Crippen molar-refractivity contribution < 1.29 is 14.3 Å². The summed E-state index contributed by atoms with van der Waals surface area (Å²) in [4.78, 5) is 26.9. The van der Waals surface area contributed by atoms with E-state index in [1.807, 2.05) is 23.9 Å². The van der Waals surface area contributed by atoms with Crippen LogP contribution < -0.4 is 10.6 Å². The topological polar surface area (TPSA) is 70.7 Å². The number of urea groups is 1. The average molecular weight is 382 g/mol. The van der Waals surface area contributed by atoms with Crippen LogP contribution in [0.4, 0.5) is 4.79 Å². The molecule has 1 aromatic rings. The molecule has 0 saturated carbocycles. The quantitative estimate of drug-likeness (QED) is 0.782. The summed E-state index contributed by atoms with van der Waals surface area (Å²) < 4.78 is 4.98. The van der Waals surface area contributed by atoms with Gasteiger partial charge in [0.05, 0.1) is 18.7 Å². The molecule has 25 heavy (non-hydrogen) atoms. The minimum Gasteiger partial charge on any atom is -0.466 e. The number of ether oxygens (including phenoxy) is 1. The van der Waals surface area contributed by atoms with Crippen LogP contribution in [0.1, 0.15) is 11.6 Å². The zero-order valence-corrected chi connectivity index (χ0v) is 15.5. The Kier molecular flexibility index (Phi) is 5.88. The highest BCUT2D eigenvalue weighted by Crippen LogP contribution is 2.32. The summed E-state index contributed by atoms with van der Waals surface area (Å²) in [5.41, 5.74) is 1.65. The molecule has 2 amide bonds. The van der Waals surface area contributed by atoms with Crippen molar-refractivity contribution in [1.29, 1.82) is 0 Å². The number of carbonyl (C=O) groups excluding carboxylic acids is 2. The number of esters is 1. The molecule has 0 radical (unpaired) electrons. The van der Waals surface area contributed by atoms with E-state index in [0.717, 1.165) is 24.6 Å². The van der Waals surface area contributed by atoms with Gasteiger partial charge >= 0.3 is 12.0 Å². The number of hydrogen-bond acceptors (Lipinski definition) is 5. The molecule has 2 N–H and O–H groups in total. The SMILES string of the molecule is COC(=O)C1=C(CN2CCSCC2)NC(=O)N[C@H]1c1ccccc1Cl. The minimum absolute atomic E-state index is 0.348. The first-order valence-corrected chi connectivity index (χ1v) is 9.57. The van der Waals surface area contributed by atoms with Gasteiger partial charge in [0.15, 0.2) is 0 Å². The van der Waals surface area contributed by atoms with E-state index in [1.54, 1.807) is 12.1 Å². The maximum atomic E-state index is 12.5. The van der Waals surface area contributed by atoms with E-state index in [0.29, 0.717) is 28.4 Å². The summed E-state index contributed by atoms with van der Waals surface area (Å²) in [5, 5.41) is 6.07. The monoisotopic (exact) mass is 381 g/mol. The van der Waals surface area contributed by atoms with E-state index in [-0.39, 0.29) is 6.03 Å². The number of amides is 2. The number of hydrogen-bond donors (Lipinski definition) is 2. The summed E-state index contributed by atoms with van der Waals surface area (Å²) in [5.74, 6) is 1.61. The average Bonchev–Trinajstić information content (AvgIpc) is 2.62. The highest BCUT2D eigenvalue weighted by atomic mass is 35.5. The second-order valence-electron chi connectivity index (χ2n) is 5.83. The van der Waals surface area contributed by atoms with Gasteiger partial charge in [0, 0.05) is 41.9 Å². The van der Waals surface area contributed by atoms with Gasteiger partial charge in [-0.25, -0.2) is 9.59 Å². The van der Waals surface area contributed by atoms with Crippen molar-refractivity contribution in [1.82, 2.24) is 15.5 Å². The molecule has 0 aliphatic carbocycles. The van der Waals surface area contributed by atoms with Crippen molar-refractivity contribution in [3.8, 4) is 0 Å². The zero-order chi connectivity index (χ0) is 17.8. The van der Waals surface area contributed by atoms with Crippen LogP contribution in [-0.4, -0.2) is 55.2 Å². The molecule has 2 aliphatic rings. The van der Waals surface area contributed by atoms with Crippen molar-refractivity contribution in [2.24, 2.45) is 0 Å².